The topological polar surface area (TPSA) is 16.1 Å². The van der Waals surface area contributed by atoms with Gasteiger partial charge in [0.1, 0.15) is 5.69 Å². The van der Waals surface area contributed by atoms with Crippen LogP contribution in [0.5, 0.6) is 0 Å². The van der Waals surface area contributed by atoms with Crippen molar-refractivity contribution in [2.75, 3.05) is 18.0 Å². The van der Waals surface area contributed by atoms with Crippen molar-refractivity contribution in [2.24, 2.45) is 11.8 Å². The number of hydrogen-bond acceptors (Lipinski definition) is 2. The van der Waals surface area contributed by atoms with Crippen LogP contribution in [0.1, 0.15) is 20.3 Å². The van der Waals surface area contributed by atoms with Gasteiger partial charge in [0, 0.05) is 13.1 Å². The van der Waals surface area contributed by atoms with Gasteiger partial charge >= 0.3 is 0 Å². The first kappa shape index (κ1) is 13.1. The highest BCUT2D eigenvalue weighted by atomic mass is 19.2. The maximum absolute atomic E-state index is 13.5. The molecule has 1 atom stereocenters. The molecule has 1 aromatic rings. The zero-order valence-electron chi connectivity index (χ0n) is 10.2. The molecule has 0 aromatic carbocycles. The number of halogens is 4. The van der Waals surface area contributed by atoms with Crippen LogP contribution >= 0.6 is 0 Å². The second-order valence-corrected chi connectivity index (χ2v) is 4.91. The van der Waals surface area contributed by atoms with Gasteiger partial charge in [0.25, 0.3) is 11.9 Å². The third kappa shape index (κ3) is 2.15. The Morgan fingerprint density at radius 1 is 1.11 bits per heavy atom. The molecule has 0 spiro atoms. The van der Waals surface area contributed by atoms with Crippen molar-refractivity contribution in [2.45, 2.75) is 20.3 Å². The van der Waals surface area contributed by atoms with Crippen molar-refractivity contribution >= 4 is 5.69 Å². The lowest BCUT2D eigenvalue weighted by molar-refractivity contribution is 0.403. The van der Waals surface area contributed by atoms with Gasteiger partial charge in [-0.15, -0.1) is 0 Å². The molecule has 0 aliphatic carbocycles. The maximum Gasteiger partial charge on any atom is 0.253 e. The van der Waals surface area contributed by atoms with Crippen molar-refractivity contribution in [1.82, 2.24) is 4.98 Å². The van der Waals surface area contributed by atoms with Gasteiger partial charge in [-0.2, -0.15) is 22.5 Å². The third-order valence-corrected chi connectivity index (χ3v) is 3.46. The number of anilines is 1. The molecule has 1 aliphatic heterocycles. The van der Waals surface area contributed by atoms with Crippen LogP contribution in [0, 0.1) is 35.4 Å². The van der Waals surface area contributed by atoms with Crippen molar-refractivity contribution in [1.29, 1.82) is 0 Å². The van der Waals surface area contributed by atoms with E-state index in [1.165, 1.54) is 4.90 Å². The summed E-state index contributed by atoms with van der Waals surface area (Å²) in [5.74, 6) is -5.41. The molecule has 1 aromatic heterocycles. The number of nitrogens with zero attached hydrogens (tertiary/aromatic N) is 2. The van der Waals surface area contributed by atoms with E-state index in [-0.39, 0.29) is 5.92 Å². The lowest BCUT2D eigenvalue weighted by Gasteiger charge is -2.21. The molecule has 1 unspecified atom stereocenters. The van der Waals surface area contributed by atoms with E-state index in [0.29, 0.717) is 19.0 Å². The molecule has 2 nitrogen and oxygen atoms in total. The van der Waals surface area contributed by atoms with E-state index < -0.39 is 29.2 Å². The Morgan fingerprint density at radius 3 is 2.11 bits per heavy atom. The standard InChI is InChI=1S/C12H14F4N2/c1-6(2)7-3-4-18(5-7)10-8(13)11(15)17-12(16)9(10)14/h6-7H,3-5H2,1-2H3. The summed E-state index contributed by atoms with van der Waals surface area (Å²) in [7, 11) is 0. The van der Waals surface area contributed by atoms with Gasteiger partial charge in [-0.3, -0.25) is 0 Å². The monoisotopic (exact) mass is 262 g/mol. The Hall–Kier alpha value is -1.33. The molecule has 0 bridgehead atoms. The molecule has 0 amide bonds. The van der Waals surface area contributed by atoms with Crippen molar-refractivity contribution < 1.29 is 17.6 Å². The molecule has 1 saturated heterocycles. The van der Waals surface area contributed by atoms with Gasteiger partial charge in [-0.05, 0) is 18.3 Å². The molecule has 100 valence electrons. The zero-order chi connectivity index (χ0) is 13.4. The fraction of sp³-hybridized carbons (Fsp3) is 0.583. The van der Waals surface area contributed by atoms with Crippen molar-refractivity contribution in [3.8, 4) is 0 Å². The zero-order valence-corrected chi connectivity index (χ0v) is 10.2. The minimum absolute atomic E-state index is 0.267. The van der Waals surface area contributed by atoms with E-state index >= 15 is 0 Å². The molecule has 0 radical (unpaired) electrons. The SMILES string of the molecule is CC(C)C1CCN(c2c(F)c(F)nc(F)c2F)C1. The van der Waals surface area contributed by atoms with Gasteiger partial charge in [0.2, 0.25) is 11.6 Å². The summed E-state index contributed by atoms with van der Waals surface area (Å²) >= 11 is 0. The number of rotatable bonds is 2. The maximum atomic E-state index is 13.5. The van der Waals surface area contributed by atoms with E-state index in [0.717, 1.165) is 6.42 Å². The molecule has 2 rings (SSSR count). The van der Waals surface area contributed by atoms with Crippen LogP contribution in [0.4, 0.5) is 23.2 Å². The normalized spacial score (nSPS) is 19.9. The lowest BCUT2D eigenvalue weighted by Crippen LogP contribution is -2.25. The minimum atomic E-state index is -1.60. The first-order chi connectivity index (χ1) is 8.41. The van der Waals surface area contributed by atoms with Gasteiger partial charge in [0.15, 0.2) is 0 Å². The molecular weight excluding hydrogens is 248 g/mol. The third-order valence-electron chi connectivity index (χ3n) is 3.46. The minimum Gasteiger partial charge on any atom is -0.366 e. The molecule has 2 heterocycles. The molecule has 1 fully saturated rings. The molecule has 0 N–H and O–H groups in total. The van der Waals surface area contributed by atoms with Gasteiger partial charge in [0.05, 0.1) is 0 Å². The van der Waals surface area contributed by atoms with E-state index in [1.807, 2.05) is 13.8 Å². The average molecular weight is 262 g/mol. The Labute approximate surface area is 103 Å². The smallest absolute Gasteiger partial charge is 0.253 e. The second kappa shape index (κ2) is 4.74. The Balaban J connectivity index is 2.35. The van der Waals surface area contributed by atoms with Gasteiger partial charge < -0.3 is 4.90 Å². The van der Waals surface area contributed by atoms with E-state index in [9.17, 15) is 17.6 Å². The summed E-state index contributed by atoms with van der Waals surface area (Å²) in [4.78, 5) is 3.90. The quantitative estimate of drug-likeness (QED) is 0.601. The highest BCUT2D eigenvalue weighted by molar-refractivity contribution is 5.49. The van der Waals surface area contributed by atoms with E-state index in [2.05, 4.69) is 4.98 Å². The average Bonchev–Trinajstić information content (AvgIpc) is 2.76. The second-order valence-electron chi connectivity index (χ2n) is 4.91. The summed E-state index contributed by atoms with van der Waals surface area (Å²) in [5, 5.41) is 0. The molecule has 1 aliphatic rings. The van der Waals surface area contributed by atoms with Gasteiger partial charge in [-0.25, -0.2) is 0 Å². The summed E-state index contributed by atoms with van der Waals surface area (Å²) in [6.45, 7) is 4.80. The first-order valence-corrected chi connectivity index (χ1v) is 5.86. The van der Waals surface area contributed by atoms with Crippen molar-refractivity contribution in [3.05, 3.63) is 23.5 Å². The highest BCUT2D eigenvalue weighted by Crippen LogP contribution is 2.32. The summed E-state index contributed by atoms with van der Waals surface area (Å²) in [5.41, 5.74) is -0.636. The fourth-order valence-corrected chi connectivity index (χ4v) is 2.29. The fourth-order valence-electron chi connectivity index (χ4n) is 2.29. The summed E-state index contributed by atoms with van der Waals surface area (Å²) in [6.07, 6.45) is 0.752. The van der Waals surface area contributed by atoms with Crippen LogP contribution in [-0.4, -0.2) is 18.1 Å². The molecule has 0 saturated carbocycles. The number of hydrogen-bond donors (Lipinski definition) is 0. The first-order valence-electron chi connectivity index (χ1n) is 5.86. The molecule has 18 heavy (non-hydrogen) atoms. The Kier molecular flexibility index (Phi) is 3.45. The van der Waals surface area contributed by atoms with E-state index in [1.54, 1.807) is 0 Å². The highest BCUT2D eigenvalue weighted by Gasteiger charge is 2.31. The van der Waals surface area contributed by atoms with Crippen LogP contribution in [0.15, 0.2) is 0 Å². The summed E-state index contributed by atoms with van der Waals surface area (Å²) < 4.78 is 53.1. The van der Waals surface area contributed by atoms with Crippen LogP contribution in [0.2, 0.25) is 0 Å². The largest absolute Gasteiger partial charge is 0.366 e. The predicted octanol–water partition coefficient (Wildman–Crippen LogP) is 3.12. The Bertz CT molecular complexity index is 436. The number of pyridine rings is 1. The van der Waals surface area contributed by atoms with E-state index in [4.69, 9.17) is 0 Å². The van der Waals surface area contributed by atoms with Gasteiger partial charge in [-0.1, -0.05) is 13.8 Å². The van der Waals surface area contributed by atoms with Crippen LogP contribution in [0.3, 0.4) is 0 Å². The summed E-state index contributed by atoms with van der Waals surface area (Å²) in [6, 6.07) is 0. The van der Waals surface area contributed by atoms with Crippen LogP contribution < -0.4 is 4.90 Å². The Morgan fingerprint density at radius 2 is 1.67 bits per heavy atom. The van der Waals surface area contributed by atoms with Crippen LogP contribution in [-0.2, 0) is 0 Å². The predicted molar refractivity (Wildman–Crippen MR) is 59.2 cm³/mol. The van der Waals surface area contributed by atoms with Crippen LogP contribution in [0.25, 0.3) is 0 Å². The molecular formula is C12H14F4N2. The van der Waals surface area contributed by atoms with Crippen molar-refractivity contribution in [3.63, 3.8) is 0 Å². The lowest BCUT2D eigenvalue weighted by atomic mass is 9.95. The number of aromatic nitrogens is 1. The molecule has 6 heteroatoms.